The molecule has 1 amide bonds. The lowest BCUT2D eigenvalue weighted by molar-refractivity contribution is 0.102. The molecule has 1 aliphatic rings. The normalized spacial score (nSPS) is 13.3. The predicted octanol–water partition coefficient (Wildman–Crippen LogP) is 4.51. The zero-order chi connectivity index (χ0) is 22.8. The van der Waals surface area contributed by atoms with E-state index in [1.165, 1.54) is 23.5 Å². The number of anilines is 2. The molecule has 0 saturated heterocycles. The number of aromatic nitrogens is 1. The van der Waals surface area contributed by atoms with Crippen LogP contribution in [0.1, 0.15) is 16.8 Å². The number of fused-ring (bicyclic) bond motifs is 2. The van der Waals surface area contributed by atoms with Gasteiger partial charge in [0.25, 0.3) is 15.9 Å². The van der Waals surface area contributed by atoms with Crippen LogP contribution in [0.2, 0.25) is 0 Å². The maximum atomic E-state index is 12.8. The Hall–Kier alpha value is -3.63. The van der Waals surface area contributed by atoms with Crippen LogP contribution in [0, 0.1) is 0 Å². The zero-order valence-electron chi connectivity index (χ0n) is 17.3. The fourth-order valence-electron chi connectivity index (χ4n) is 3.35. The van der Waals surface area contributed by atoms with Gasteiger partial charge in [-0.15, -0.1) is 11.3 Å². The molecule has 1 aliphatic heterocycles. The SMILES string of the molecule is O=C(Nc1ccc(NS(=O)(=O)c2ccc3c(c2)OCCCO3)cc1)c1ccc2ncsc2c1. The molecule has 0 radical (unpaired) electrons. The van der Waals surface area contributed by atoms with Crippen molar-refractivity contribution in [2.45, 2.75) is 11.3 Å². The molecule has 0 bridgehead atoms. The molecule has 33 heavy (non-hydrogen) atoms. The standard InChI is InChI=1S/C23H19N3O5S2/c27-23(15-2-8-19-22(12-15)32-14-24-19)25-16-3-5-17(6-4-16)26-33(28,29)18-7-9-20-21(13-18)31-11-1-10-30-20/h2-9,12-14,26H,1,10-11H2,(H,25,27). The second-order valence-electron chi connectivity index (χ2n) is 7.33. The Labute approximate surface area is 194 Å². The van der Waals surface area contributed by atoms with Crippen LogP contribution in [0.3, 0.4) is 0 Å². The first kappa shape index (κ1) is 21.2. The van der Waals surface area contributed by atoms with Crippen LogP contribution in [0.25, 0.3) is 10.2 Å². The molecular weight excluding hydrogens is 462 g/mol. The Balaban J connectivity index is 1.28. The number of hydrogen-bond donors (Lipinski definition) is 2. The number of carbonyl (C=O) groups excluding carboxylic acids is 1. The number of hydrogen-bond acceptors (Lipinski definition) is 7. The van der Waals surface area contributed by atoms with Gasteiger partial charge in [-0.05, 0) is 54.6 Å². The van der Waals surface area contributed by atoms with Gasteiger partial charge in [-0.1, -0.05) is 0 Å². The molecule has 10 heteroatoms. The first-order valence-corrected chi connectivity index (χ1v) is 12.5. The third kappa shape index (κ3) is 4.62. The minimum atomic E-state index is -3.83. The first-order valence-electron chi connectivity index (χ1n) is 10.2. The van der Waals surface area contributed by atoms with Crippen molar-refractivity contribution in [1.29, 1.82) is 0 Å². The lowest BCUT2D eigenvalue weighted by Gasteiger charge is -2.12. The molecule has 3 aromatic carbocycles. The summed E-state index contributed by atoms with van der Waals surface area (Å²) in [6, 6.07) is 16.3. The van der Waals surface area contributed by atoms with Gasteiger partial charge in [0.2, 0.25) is 0 Å². The quantitative estimate of drug-likeness (QED) is 0.434. The summed E-state index contributed by atoms with van der Waals surface area (Å²) in [5.74, 6) is 0.678. The third-order valence-electron chi connectivity index (χ3n) is 5.02. The molecule has 1 aromatic heterocycles. The smallest absolute Gasteiger partial charge is 0.262 e. The van der Waals surface area contributed by atoms with Crippen molar-refractivity contribution in [3.8, 4) is 11.5 Å². The molecule has 0 aliphatic carbocycles. The maximum absolute atomic E-state index is 12.8. The van der Waals surface area contributed by atoms with Gasteiger partial charge >= 0.3 is 0 Å². The Bertz CT molecular complexity index is 1430. The average molecular weight is 482 g/mol. The molecule has 168 valence electrons. The Morgan fingerprint density at radius 3 is 2.48 bits per heavy atom. The van der Waals surface area contributed by atoms with Gasteiger partial charge < -0.3 is 14.8 Å². The van der Waals surface area contributed by atoms with Gasteiger partial charge in [-0.2, -0.15) is 0 Å². The Morgan fingerprint density at radius 1 is 0.909 bits per heavy atom. The minimum absolute atomic E-state index is 0.0718. The van der Waals surface area contributed by atoms with Crippen LogP contribution in [0.4, 0.5) is 11.4 Å². The summed E-state index contributed by atoms with van der Waals surface area (Å²) in [4.78, 5) is 16.8. The van der Waals surface area contributed by atoms with Crippen molar-refractivity contribution in [2.24, 2.45) is 0 Å². The molecule has 0 saturated carbocycles. The van der Waals surface area contributed by atoms with E-state index in [0.29, 0.717) is 41.7 Å². The number of rotatable bonds is 5. The van der Waals surface area contributed by atoms with E-state index in [4.69, 9.17) is 9.47 Å². The van der Waals surface area contributed by atoms with E-state index in [-0.39, 0.29) is 10.8 Å². The highest BCUT2D eigenvalue weighted by Crippen LogP contribution is 2.32. The topological polar surface area (TPSA) is 107 Å². The second-order valence-corrected chi connectivity index (χ2v) is 9.90. The van der Waals surface area contributed by atoms with E-state index in [9.17, 15) is 13.2 Å². The van der Waals surface area contributed by atoms with E-state index in [0.717, 1.165) is 16.6 Å². The largest absolute Gasteiger partial charge is 0.490 e. The van der Waals surface area contributed by atoms with Crippen LogP contribution in [0.5, 0.6) is 11.5 Å². The van der Waals surface area contributed by atoms with E-state index < -0.39 is 10.0 Å². The van der Waals surface area contributed by atoms with Crippen LogP contribution in [-0.4, -0.2) is 32.5 Å². The average Bonchev–Trinajstić information content (AvgIpc) is 3.15. The molecule has 0 fully saturated rings. The maximum Gasteiger partial charge on any atom is 0.262 e. The van der Waals surface area contributed by atoms with Crippen LogP contribution in [-0.2, 0) is 10.0 Å². The van der Waals surface area contributed by atoms with Gasteiger partial charge in [0.05, 0.1) is 33.8 Å². The van der Waals surface area contributed by atoms with Crippen molar-refractivity contribution < 1.29 is 22.7 Å². The van der Waals surface area contributed by atoms with Gasteiger partial charge in [0.1, 0.15) is 0 Å². The van der Waals surface area contributed by atoms with Crippen molar-refractivity contribution in [1.82, 2.24) is 4.98 Å². The molecule has 0 unspecified atom stereocenters. The number of nitrogens with zero attached hydrogens (tertiary/aromatic N) is 1. The van der Waals surface area contributed by atoms with E-state index in [1.54, 1.807) is 54.0 Å². The summed E-state index contributed by atoms with van der Waals surface area (Å²) in [5, 5.41) is 2.81. The van der Waals surface area contributed by atoms with E-state index in [1.807, 2.05) is 0 Å². The van der Waals surface area contributed by atoms with Crippen molar-refractivity contribution >= 4 is 48.9 Å². The number of thiazole rings is 1. The molecular formula is C23H19N3O5S2. The van der Waals surface area contributed by atoms with Gasteiger partial charge in [-0.3, -0.25) is 9.52 Å². The summed E-state index contributed by atoms with van der Waals surface area (Å²) in [5.41, 5.74) is 4.01. The second kappa shape index (κ2) is 8.72. The number of sulfonamides is 1. The summed E-state index contributed by atoms with van der Waals surface area (Å²) in [6.45, 7) is 0.995. The van der Waals surface area contributed by atoms with Crippen molar-refractivity contribution in [3.63, 3.8) is 0 Å². The number of benzene rings is 3. The molecule has 2 heterocycles. The molecule has 0 spiro atoms. The Morgan fingerprint density at radius 2 is 1.67 bits per heavy atom. The van der Waals surface area contributed by atoms with Crippen LogP contribution < -0.4 is 19.5 Å². The van der Waals surface area contributed by atoms with Gasteiger partial charge in [0.15, 0.2) is 11.5 Å². The molecule has 8 nitrogen and oxygen atoms in total. The fourth-order valence-corrected chi connectivity index (χ4v) is 5.14. The monoisotopic (exact) mass is 481 g/mol. The van der Waals surface area contributed by atoms with Gasteiger partial charge in [-0.25, -0.2) is 13.4 Å². The first-order chi connectivity index (χ1) is 16.0. The third-order valence-corrected chi connectivity index (χ3v) is 7.19. The summed E-state index contributed by atoms with van der Waals surface area (Å²) in [7, 11) is -3.83. The highest BCUT2D eigenvalue weighted by Gasteiger charge is 2.19. The van der Waals surface area contributed by atoms with E-state index >= 15 is 0 Å². The summed E-state index contributed by atoms with van der Waals surface area (Å²) >= 11 is 1.47. The Kier molecular flexibility index (Phi) is 5.61. The van der Waals surface area contributed by atoms with Crippen molar-refractivity contribution in [2.75, 3.05) is 23.3 Å². The summed E-state index contributed by atoms with van der Waals surface area (Å²) < 4.78 is 40.3. The highest BCUT2D eigenvalue weighted by molar-refractivity contribution is 7.92. The zero-order valence-corrected chi connectivity index (χ0v) is 18.9. The van der Waals surface area contributed by atoms with Crippen molar-refractivity contribution in [3.05, 3.63) is 71.7 Å². The number of ether oxygens (including phenoxy) is 2. The molecule has 2 N–H and O–H groups in total. The van der Waals surface area contributed by atoms with Gasteiger partial charge in [0, 0.05) is 29.4 Å². The van der Waals surface area contributed by atoms with Crippen LogP contribution >= 0.6 is 11.3 Å². The molecule has 0 atom stereocenters. The summed E-state index contributed by atoms with van der Waals surface area (Å²) in [6.07, 6.45) is 0.734. The van der Waals surface area contributed by atoms with Crippen LogP contribution in [0.15, 0.2) is 71.1 Å². The molecule has 4 aromatic rings. The highest BCUT2D eigenvalue weighted by atomic mass is 32.2. The minimum Gasteiger partial charge on any atom is -0.490 e. The predicted molar refractivity (Wildman–Crippen MR) is 127 cm³/mol. The lowest BCUT2D eigenvalue weighted by atomic mass is 10.2. The molecule has 5 rings (SSSR count). The fraction of sp³-hybridized carbons (Fsp3) is 0.130. The number of nitrogens with one attached hydrogen (secondary N) is 2. The van der Waals surface area contributed by atoms with E-state index in [2.05, 4.69) is 15.0 Å². The number of carbonyl (C=O) groups is 1. The number of amides is 1. The lowest BCUT2D eigenvalue weighted by Crippen LogP contribution is -2.14.